The van der Waals surface area contributed by atoms with Gasteiger partial charge in [-0.3, -0.25) is 0 Å². The Morgan fingerprint density at radius 2 is 2.00 bits per heavy atom. The van der Waals surface area contributed by atoms with Crippen LogP contribution >= 0.6 is 0 Å². The fourth-order valence-corrected chi connectivity index (χ4v) is 0.755. The fraction of sp³-hybridized carbons (Fsp3) is 1.00. The van der Waals surface area contributed by atoms with Gasteiger partial charge in [0.15, 0.2) is 0 Å². The molecule has 0 aromatic carbocycles. The lowest BCUT2D eigenvalue weighted by atomic mass is 10.1. The lowest BCUT2D eigenvalue weighted by molar-refractivity contribution is 0.554. The molecule has 0 saturated heterocycles. The van der Waals surface area contributed by atoms with Gasteiger partial charge < -0.3 is 11.5 Å². The maximum Gasteiger partial charge on any atom is 0.00362 e. The van der Waals surface area contributed by atoms with Crippen molar-refractivity contribution in [2.45, 2.75) is 38.6 Å². The minimum absolute atomic E-state index is 0.400. The quantitative estimate of drug-likeness (QED) is 0.542. The third kappa shape index (κ3) is 5.80. The second-order valence-electron chi connectivity index (χ2n) is 2.45. The van der Waals surface area contributed by atoms with Crippen LogP contribution in [-0.4, -0.2) is 12.6 Å². The molecule has 9 heavy (non-hydrogen) atoms. The zero-order chi connectivity index (χ0) is 7.11. The Morgan fingerprint density at radius 1 is 1.33 bits per heavy atom. The average Bonchev–Trinajstić information content (AvgIpc) is 1.89. The van der Waals surface area contributed by atoms with Crippen LogP contribution in [0.5, 0.6) is 0 Å². The molecule has 4 N–H and O–H groups in total. The molecule has 0 aromatic heterocycles. The maximum absolute atomic E-state index is 5.67. The van der Waals surface area contributed by atoms with E-state index in [1.165, 1.54) is 6.42 Å². The third-order valence-corrected chi connectivity index (χ3v) is 1.55. The molecule has 0 radical (unpaired) electrons. The number of nitrogens with two attached hydrogens (primary N) is 2. The van der Waals surface area contributed by atoms with Crippen molar-refractivity contribution in [3.63, 3.8) is 0 Å². The molecule has 0 spiro atoms. The molecule has 0 amide bonds. The van der Waals surface area contributed by atoms with Gasteiger partial charge in [-0.05, 0) is 25.8 Å². The van der Waals surface area contributed by atoms with E-state index in [4.69, 9.17) is 11.5 Å². The first kappa shape index (κ1) is 8.92. The zero-order valence-corrected chi connectivity index (χ0v) is 6.27. The number of rotatable bonds is 5. The van der Waals surface area contributed by atoms with Crippen LogP contribution in [0.1, 0.15) is 32.6 Å². The summed E-state index contributed by atoms with van der Waals surface area (Å²) in [7, 11) is 0. The molecule has 0 bridgehead atoms. The molecule has 0 saturated carbocycles. The molecule has 56 valence electrons. The summed E-state index contributed by atoms with van der Waals surface area (Å²) in [5.41, 5.74) is 11.0. The molecule has 0 aliphatic rings. The van der Waals surface area contributed by atoms with E-state index < -0.39 is 0 Å². The lowest BCUT2D eigenvalue weighted by Gasteiger charge is -2.05. The molecule has 0 aliphatic carbocycles. The van der Waals surface area contributed by atoms with Crippen LogP contribution in [0.3, 0.4) is 0 Å². The van der Waals surface area contributed by atoms with E-state index in [-0.39, 0.29) is 0 Å². The van der Waals surface area contributed by atoms with Crippen LogP contribution in [0.15, 0.2) is 0 Å². The van der Waals surface area contributed by atoms with Gasteiger partial charge in [0.25, 0.3) is 0 Å². The van der Waals surface area contributed by atoms with Crippen molar-refractivity contribution in [2.24, 2.45) is 11.5 Å². The Balaban J connectivity index is 2.88. The average molecular weight is 130 g/mol. The molecular weight excluding hydrogens is 112 g/mol. The summed E-state index contributed by atoms with van der Waals surface area (Å²) in [6.07, 6.45) is 4.53. The third-order valence-electron chi connectivity index (χ3n) is 1.55. The van der Waals surface area contributed by atoms with E-state index in [1.807, 2.05) is 0 Å². The van der Waals surface area contributed by atoms with Crippen molar-refractivity contribution in [1.82, 2.24) is 0 Å². The van der Waals surface area contributed by atoms with Crippen LogP contribution in [0.2, 0.25) is 0 Å². The fourth-order valence-electron chi connectivity index (χ4n) is 0.755. The second kappa shape index (κ2) is 6.05. The van der Waals surface area contributed by atoms with E-state index in [1.54, 1.807) is 0 Å². The van der Waals surface area contributed by atoms with E-state index in [0.29, 0.717) is 6.04 Å². The van der Waals surface area contributed by atoms with Gasteiger partial charge in [-0.1, -0.05) is 13.3 Å². The molecule has 0 aliphatic heterocycles. The van der Waals surface area contributed by atoms with Gasteiger partial charge in [0.05, 0.1) is 0 Å². The van der Waals surface area contributed by atoms with Crippen molar-refractivity contribution in [3.05, 3.63) is 0 Å². The summed E-state index contributed by atoms with van der Waals surface area (Å²) < 4.78 is 0. The predicted molar refractivity (Wildman–Crippen MR) is 41.2 cm³/mol. The summed E-state index contributed by atoms with van der Waals surface area (Å²) >= 11 is 0. The van der Waals surface area contributed by atoms with Gasteiger partial charge in [0, 0.05) is 6.04 Å². The summed E-state index contributed by atoms with van der Waals surface area (Å²) in [4.78, 5) is 0. The standard InChI is InChI=1S/C7H18N2/c1-2-7(9)5-3-4-6-8/h7H,2-6,8-9H2,1H3/t7-/m1/s1. The Hall–Kier alpha value is -0.0800. The van der Waals surface area contributed by atoms with Crippen LogP contribution in [0, 0.1) is 0 Å². The second-order valence-corrected chi connectivity index (χ2v) is 2.45. The first-order valence-electron chi connectivity index (χ1n) is 3.77. The van der Waals surface area contributed by atoms with Gasteiger partial charge in [-0.2, -0.15) is 0 Å². The van der Waals surface area contributed by atoms with Crippen LogP contribution in [-0.2, 0) is 0 Å². The van der Waals surface area contributed by atoms with Crippen LogP contribution in [0.25, 0.3) is 0 Å². The van der Waals surface area contributed by atoms with Crippen molar-refractivity contribution >= 4 is 0 Å². The number of hydrogen-bond acceptors (Lipinski definition) is 2. The monoisotopic (exact) mass is 130 g/mol. The van der Waals surface area contributed by atoms with Gasteiger partial charge in [0.2, 0.25) is 0 Å². The first-order chi connectivity index (χ1) is 4.31. The highest BCUT2D eigenvalue weighted by molar-refractivity contribution is 4.57. The van der Waals surface area contributed by atoms with E-state index in [2.05, 4.69) is 6.92 Å². The van der Waals surface area contributed by atoms with Gasteiger partial charge >= 0.3 is 0 Å². The number of hydrogen-bond donors (Lipinski definition) is 2. The summed E-state index contributed by atoms with van der Waals surface area (Å²) in [6.45, 7) is 2.92. The van der Waals surface area contributed by atoms with Crippen molar-refractivity contribution in [1.29, 1.82) is 0 Å². The van der Waals surface area contributed by atoms with Crippen LogP contribution in [0.4, 0.5) is 0 Å². The first-order valence-corrected chi connectivity index (χ1v) is 3.77. The van der Waals surface area contributed by atoms with Crippen LogP contribution < -0.4 is 11.5 Å². The van der Waals surface area contributed by atoms with Gasteiger partial charge in [0.1, 0.15) is 0 Å². The molecule has 1 atom stereocenters. The highest BCUT2D eigenvalue weighted by Crippen LogP contribution is 1.99. The molecule has 2 nitrogen and oxygen atoms in total. The minimum Gasteiger partial charge on any atom is -0.330 e. The predicted octanol–water partition coefficient (Wildman–Crippen LogP) is 0.853. The van der Waals surface area contributed by atoms with E-state index >= 15 is 0 Å². The zero-order valence-electron chi connectivity index (χ0n) is 6.27. The van der Waals surface area contributed by atoms with Gasteiger partial charge in [-0.25, -0.2) is 0 Å². The smallest absolute Gasteiger partial charge is 0.00362 e. The Kier molecular flexibility index (Phi) is 5.99. The van der Waals surface area contributed by atoms with E-state index in [0.717, 1.165) is 25.8 Å². The molecular formula is C7H18N2. The molecule has 0 aromatic rings. The SMILES string of the molecule is CC[C@@H](N)CCCCN. The van der Waals surface area contributed by atoms with Crippen molar-refractivity contribution < 1.29 is 0 Å². The van der Waals surface area contributed by atoms with E-state index in [9.17, 15) is 0 Å². The highest BCUT2D eigenvalue weighted by atomic mass is 14.6. The Bertz CT molecular complexity index is 54.9. The van der Waals surface area contributed by atoms with Crippen molar-refractivity contribution in [3.8, 4) is 0 Å². The summed E-state index contributed by atoms with van der Waals surface area (Å²) in [6, 6.07) is 0.400. The largest absolute Gasteiger partial charge is 0.330 e. The molecule has 0 heterocycles. The van der Waals surface area contributed by atoms with Gasteiger partial charge in [-0.15, -0.1) is 0 Å². The lowest BCUT2D eigenvalue weighted by Crippen LogP contribution is -2.18. The maximum atomic E-state index is 5.67. The topological polar surface area (TPSA) is 52.0 Å². The molecule has 0 fully saturated rings. The summed E-state index contributed by atoms with van der Waals surface area (Å²) in [5.74, 6) is 0. The Morgan fingerprint density at radius 3 is 2.44 bits per heavy atom. The molecule has 2 heteroatoms. The normalized spacial score (nSPS) is 13.7. The Labute approximate surface area is 57.6 Å². The minimum atomic E-state index is 0.400. The van der Waals surface area contributed by atoms with Crippen molar-refractivity contribution in [2.75, 3.05) is 6.54 Å². The summed E-state index contributed by atoms with van der Waals surface area (Å²) in [5, 5.41) is 0. The highest BCUT2D eigenvalue weighted by Gasteiger charge is 1.96. The molecule has 0 unspecified atom stereocenters. The number of unbranched alkanes of at least 4 members (excludes halogenated alkanes) is 1. The molecule has 0 rings (SSSR count).